The lowest BCUT2D eigenvalue weighted by atomic mass is 9.86. The van der Waals surface area contributed by atoms with Gasteiger partial charge in [0.25, 0.3) is 0 Å². The number of aliphatic imine (C=N–C) groups is 1. The molecule has 0 atom stereocenters. The van der Waals surface area contributed by atoms with Gasteiger partial charge in [0, 0.05) is 12.2 Å². The minimum absolute atomic E-state index is 0.0789. The lowest BCUT2D eigenvalue weighted by Crippen LogP contribution is -2.37. The largest absolute Gasteiger partial charge is 0.325 e. The van der Waals surface area contributed by atoms with Gasteiger partial charge in [0.15, 0.2) is 0 Å². The summed E-state index contributed by atoms with van der Waals surface area (Å²) in [4.78, 5) is 4.23. The van der Waals surface area contributed by atoms with E-state index >= 15 is 0 Å². The second kappa shape index (κ2) is 5.68. The molecule has 17 heavy (non-hydrogen) atoms. The van der Waals surface area contributed by atoms with E-state index in [0.29, 0.717) is 12.5 Å². The first kappa shape index (κ1) is 13.5. The summed E-state index contributed by atoms with van der Waals surface area (Å²) in [6, 6.07) is 8.18. The minimum atomic E-state index is 0.0789. The molecule has 1 rings (SSSR count). The highest BCUT2D eigenvalue weighted by Gasteiger charge is 2.17. The fourth-order valence-electron chi connectivity index (χ4n) is 1.65. The molecule has 4 heteroatoms. The lowest BCUT2D eigenvalue weighted by molar-refractivity contribution is 0.592. The van der Waals surface area contributed by atoms with Crippen molar-refractivity contribution in [2.75, 3.05) is 11.9 Å². The molecule has 0 aromatic heterocycles. The molecule has 0 saturated carbocycles. The SMILES string of the molecule is CCN=C(NN)Nc1ccccc1C(C)(C)C. The normalized spacial score (nSPS) is 12.4. The Morgan fingerprint density at radius 3 is 2.47 bits per heavy atom. The van der Waals surface area contributed by atoms with E-state index in [0.717, 1.165) is 5.69 Å². The summed E-state index contributed by atoms with van der Waals surface area (Å²) in [6.07, 6.45) is 0. The van der Waals surface area contributed by atoms with Crippen LogP contribution in [0.3, 0.4) is 0 Å². The van der Waals surface area contributed by atoms with Gasteiger partial charge >= 0.3 is 0 Å². The molecule has 0 unspecified atom stereocenters. The van der Waals surface area contributed by atoms with Crippen LogP contribution < -0.4 is 16.6 Å². The Labute approximate surface area is 103 Å². The number of guanidine groups is 1. The van der Waals surface area contributed by atoms with Gasteiger partial charge in [-0.1, -0.05) is 39.0 Å². The fraction of sp³-hybridized carbons (Fsp3) is 0.462. The molecule has 0 bridgehead atoms. The summed E-state index contributed by atoms with van der Waals surface area (Å²) in [6.45, 7) is 9.19. The maximum Gasteiger partial charge on any atom is 0.210 e. The Morgan fingerprint density at radius 2 is 1.94 bits per heavy atom. The van der Waals surface area contributed by atoms with E-state index in [1.165, 1.54) is 5.56 Å². The first-order chi connectivity index (χ1) is 7.99. The van der Waals surface area contributed by atoms with Gasteiger partial charge in [0.05, 0.1) is 0 Å². The zero-order chi connectivity index (χ0) is 12.9. The summed E-state index contributed by atoms with van der Waals surface area (Å²) < 4.78 is 0. The topological polar surface area (TPSA) is 62.4 Å². The number of para-hydroxylation sites is 1. The van der Waals surface area contributed by atoms with Crippen molar-refractivity contribution < 1.29 is 0 Å². The lowest BCUT2D eigenvalue weighted by Gasteiger charge is -2.23. The molecule has 4 nitrogen and oxygen atoms in total. The molecular weight excluding hydrogens is 212 g/mol. The predicted molar refractivity (Wildman–Crippen MR) is 74.1 cm³/mol. The maximum atomic E-state index is 5.42. The van der Waals surface area contributed by atoms with Gasteiger partial charge in [0.1, 0.15) is 0 Å². The van der Waals surface area contributed by atoms with Crippen LogP contribution in [0.5, 0.6) is 0 Å². The summed E-state index contributed by atoms with van der Waals surface area (Å²) in [5.74, 6) is 6.01. The Bertz CT molecular complexity index is 391. The number of rotatable bonds is 2. The van der Waals surface area contributed by atoms with Gasteiger partial charge < -0.3 is 5.32 Å². The van der Waals surface area contributed by atoms with Gasteiger partial charge in [-0.3, -0.25) is 10.4 Å². The molecule has 4 N–H and O–H groups in total. The summed E-state index contributed by atoms with van der Waals surface area (Å²) >= 11 is 0. The van der Waals surface area contributed by atoms with E-state index in [9.17, 15) is 0 Å². The molecule has 0 spiro atoms. The highest BCUT2D eigenvalue weighted by atomic mass is 15.3. The van der Waals surface area contributed by atoms with Gasteiger partial charge in [-0.15, -0.1) is 0 Å². The van der Waals surface area contributed by atoms with E-state index in [4.69, 9.17) is 5.84 Å². The number of nitrogens with zero attached hydrogens (tertiary/aromatic N) is 1. The van der Waals surface area contributed by atoms with Crippen molar-refractivity contribution in [3.8, 4) is 0 Å². The zero-order valence-electron chi connectivity index (χ0n) is 11.0. The third-order valence-corrected chi connectivity index (χ3v) is 2.44. The van der Waals surface area contributed by atoms with E-state index < -0.39 is 0 Å². The monoisotopic (exact) mass is 234 g/mol. The minimum Gasteiger partial charge on any atom is -0.325 e. The standard InChI is InChI=1S/C13H22N4/c1-5-15-12(17-14)16-11-9-7-6-8-10(11)13(2,3)4/h6-9H,5,14H2,1-4H3,(H2,15,16,17). The summed E-state index contributed by atoms with van der Waals surface area (Å²) in [5.41, 5.74) is 4.92. The Hall–Kier alpha value is -1.55. The van der Waals surface area contributed by atoms with Gasteiger partial charge in [-0.2, -0.15) is 0 Å². The van der Waals surface area contributed by atoms with Crippen LogP contribution in [0.15, 0.2) is 29.3 Å². The molecule has 0 heterocycles. The van der Waals surface area contributed by atoms with E-state index in [1.807, 2.05) is 25.1 Å². The first-order valence-electron chi connectivity index (χ1n) is 5.86. The number of benzene rings is 1. The molecular formula is C13H22N4. The van der Waals surface area contributed by atoms with Crippen molar-refractivity contribution in [3.05, 3.63) is 29.8 Å². The van der Waals surface area contributed by atoms with Crippen LogP contribution in [0.4, 0.5) is 5.69 Å². The number of nitrogens with two attached hydrogens (primary N) is 1. The van der Waals surface area contributed by atoms with Crippen LogP contribution in [-0.4, -0.2) is 12.5 Å². The highest BCUT2D eigenvalue weighted by molar-refractivity contribution is 5.94. The third-order valence-electron chi connectivity index (χ3n) is 2.44. The van der Waals surface area contributed by atoms with Crippen LogP contribution in [0.25, 0.3) is 0 Å². The molecule has 0 radical (unpaired) electrons. The van der Waals surface area contributed by atoms with Gasteiger partial charge in [-0.25, -0.2) is 5.84 Å². The average Bonchev–Trinajstić information content (AvgIpc) is 2.27. The highest BCUT2D eigenvalue weighted by Crippen LogP contribution is 2.28. The van der Waals surface area contributed by atoms with Crippen molar-refractivity contribution in [1.82, 2.24) is 5.43 Å². The molecule has 94 valence electrons. The smallest absolute Gasteiger partial charge is 0.210 e. The van der Waals surface area contributed by atoms with Crippen LogP contribution >= 0.6 is 0 Å². The molecule has 1 aromatic carbocycles. The average molecular weight is 234 g/mol. The predicted octanol–water partition coefficient (Wildman–Crippen LogP) is 2.24. The van der Waals surface area contributed by atoms with Crippen LogP contribution in [0.2, 0.25) is 0 Å². The van der Waals surface area contributed by atoms with Crippen molar-refractivity contribution in [2.45, 2.75) is 33.1 Å². The number of hydrogen-bond acceptors (Lipinski definition) is 2. The molecule has 0 amide bonds. The molecule has 0 fully saturated rings. The van der Waals surface area contributed by atoms with E-state index in [1.54, 1.807) is 0 Å². The van der Waals surface area contributed by atoms with Crippen molar-refractivity contribution in [1.29, 1.82) is 0 Å². The van der Waals surface area contributed by atoms with Crippen molar-refractivity contribution in [2.24, 2.45) is 10.8 Å². The number of anilines is 1. The fourth-order valence-corrected chi connectivity index (χ4v) is 1.65. The summed E-state index contributed by atoms with van der Waals surface area (Å²) in [5, 5.41) is 3.22. The zero-order valence-corrected chi connectivity index (χ0v) is 11.0. The van der Waals surface area contributed by atoms with Crippen LogP contribution in [0.1, 0.15) is 33.3 Å². The Balaban J connectivity index is 3.02. The van der Waals surface area contributed by atoms with Crippen LogP contribution in [0, 0.1) is 0 Å². The number of hydrogen-bond donors (Lipinski definition) is 3. The van der Waals surface area contributed by atoms with Crippen molar-refractivity contribution >= 4 is 11.6 Å². The second-order valence-electron chi connectivity index (χ2n) is 4.89. The molecule has 0 aliphatic rings. The maximum absolute atomic E-state index is 5.42. The van der Waals surface area contributed by atoms with Crippen molar-refractivity contribution in [3.63, 3.8) is 0 Å². The molecule has 0 aliphatic carbocycles. The number of nitrogens with one attached hydrogen (secondary N) is 2. The molecule has 1 aromatic rings. The quantitative estimate of drug-likeness (QED) is 0.318. The third kappa shape index (κ3) is 3.75. The van der Waals surface area contributed by atoms with Crippen LogP contribution in [-0.2, 0) is 5.41 Å². The molecule has 0 saturated heterocycles. The first-order valence-corrected chi connectivity index (χ1v) is 5.86. The van der Waals surface area contributed by atoms with Gasteiger partial charge in [0.2, 0.25) is 5.96 Å². The van der Waals surface area contributed by atoms with Gasteiger partial charge in [-0.05, 0) is 24.0 Å². The van der Waals surface area contributed by atoms with E-state index in [-0.39, 0.29) is 5.41 Å². The van der Waals surface area contributed by atoms with E-state index in [2.05, 4.69) is 42.6 Å². The number of hydrazine groups is 1. The Kier molecular flexibility index (Phi) is 4.52. The Morgan fingerprint density at radius 1 is 1.29 bits per heavy atom. The summed E-state index contributed by atoms with van der Waals surface area (Å²) in [7, 11) is 0. The second-order valence-corrected chi connectivity index (χ2v) is 4.89. The molecule has 0 aliphatic heterocycles.